The summed E-state index contributed by atoms with van der Waals surface area (Å²) < 4.78 is 0. The van der Waals surface area contributed by atoms with Crippen molar-refractivity contribution < 1.29 is 0 Å². The summed E-state index contributed by atoms with van der Waals surface area (Å²) in [7, 11) is 0.762. The highest BCUT2D eigenvalue weighted by Gasteiger charge is 2.46. The number of hydrogen-bond donors (Lipinski definition) is 0. The minimum absolute atomic E-state index is 1.37. The molecule has 2 aromatic rings. The quantitative estimate of drug-likeness (QED) is 0.668. The van der Waals surface area contributed by atoms with E-state index in [9.17, 15) is 0 Å². The van der Waals surface area contributed by atoms with E-state index in [0.717, 1.165) is 0 Å². The molecule has 0 radical (unpaired) electrons. The minimum Gasteiger partial charge on any atom is -0.345 e. The summed E-state index contributed by atoms with van der Waals surface area (Å²) in [4.78, 5) is 2.41. The lowest BCUT2D eigenvalue weighted by Gasteiger charge is -2.41. The van der Waals surface area contributed by atoms with E-state index in [2.05, 4.69) is 61.3 Å². The third-order valence-electron chi connectivity index (χ3n) is 5.27. The first-order chi connectivity index (χ1) is 9.72. The summed E-state index contributed by atoms with van der Waals surface area (Å²) in [6.07, 6.45) is 2.83. The Balaban J connectivity index is 2.04. The van der Waals surface area contributed by atoms with Gasteiger partial charge in [-0.1, -0.05) is 43.2 Å². The second kappa shape index (κ2) is 4.22. The number of benzene rings is 2. The summed E-state index contributed by atoms with van der Waals surface area (Å²) in [5, 5.41) is 3.36. The molecule has 0 unspecified atom stereocenters. The zero-order valence-electron chi connectivity index (χ0n) is 12.3. The SMILES string of the molecule is Cc1ccc2c(c1)N(C)c1ccccc1[Si]21CCCC1. The molecule has 0 N–H and O–H groups in total. The Morgan fingerprint density at radius 2 is 1.60 bits per heavy atom. The molecule has 2 heteroatoms. The van der Waals surface area contributed by atoms with E-state index in [1.54, 1.807) is 10.4 Å². The number of nitrogens with zero attached hydrogens (tertiary/aromatic N) is 1. The fourth-order valence-corrected chi connectivity index (χ4v) is 9.90. The van der Waals surface area contributed by atoms with Gasteiger partial charge in [0, 0.05) is 18.4 Å². The number of rotatable bonds is 0. The fraction of sp³-hybridized carbons (Fsp3) is 0.333. The van der Waals surface area contributed by atoms with E-state index in [0.29, 0.717) is 0 Å². The van der Waals surface area contributed by atoms with Crippen LogP contribution < -0.4 is 15.3 Å². The van der Waals surface area contributed by atoms with Crippen molar-refractivity contribution in [2.24, 2.45) is 0 Å². The van der Waals surface area contributed by atoms with Crippen LogP contribution in [0.2, 0.25) is 12.1 Å². The molecular weight excluding hydrogens is 258 g/mol. The predicted molar refractivity (Wildman–Crippen MR) is 89.6 cm³/mol. The van der Waals surface area contributed by atoms with Gasteiger partial charge in [0.25, 0.3) is 0 Å². The second-order valence-corrected chi connectivity index (χ2v) is 10.6. The highest BCUT2D eigenvalue weighted by molar-refractivity contribution is 7.04. The van der Waals surface area contributed by atoms with Gasteiger partial charge < -0.3 is 4.90 Å². The Morgan fingerprint density at radius 1 is 0.900 bits per heavy atom. The molecule has 0 bridgehead atoms. The summed E-state index contributed by atoms with van der Waals surface area (Å²) in [5.41, 5.74) is 4.30. The molecule has 2 aliphatic rings. The molecule has 0 saturated carbocycles. The summed E-state index contributed by atoms with van der Waals surface area (Å²) in [6, 6.07) is 19.2. The maximum absolute atomic E-state index is 2.44. The predicted octanol–water partition coefficient (Wildman–Crippen LogP) is 3.43. The molecule has 1 spiro atoms. The Morgan fingerprint density at radius 3 is 2.40 bits per heavy atom. The van der Waals surface area contributed by atoms with Gasteiger partial charge >= 0.3 is 0 Å². The van der Waals surface area contributed by atoms with E-state index >= 15 is 0 Å². The highest BCUT2D eigenvalue weighted by atomic mass is 28.3. The van der Waals surface area contributed by atoms with Gasteiger partial charge in [0.15, 0.2) is 0 Å². The van der Waals surface area contributed by atoms with Crippen LogP contribution in [0.3, 0.4) is 0 Å². The van der Waals surface area contributed by atoms with Crippen molar-refractivity contribution in [2.45, 2.75) is 31.9 Å². The summed E-state index contributed by atoms with van der Waals surface area (Å²) in [5.74, 6) is 0. The maximum atomic E-state index is 2.44. The smallest absolute Gasteiger partial charge is 0.123 e. The second-order valence-electron chi connectivity index (χ2n) is 6.39. The van der Waals surface area contributed by atoms with Gasteiger partial charge in [-0.15, -0.1) is 0 Å². The molecule has 102 valence electrons. The molecule has 0 amide bonds. The van der Waals surface area contributed by atoms with Crippen LogP contribution in [0.4, 0.5) is 11.4 Å². The topological polar surface area (TPSA) is 3.24 Å². The molecule has 1 saturated heterocycles. The monoisotopic (exact) mass is 279 g/mol. The lowest BCUT2D eigenvalue weighted by molar-refractivity contribution is 0.935. The van der Waals surface area contributed by atoms with Gasteiger partial charge in [0.2, 0.25) is 0 Å². The van der Waals surface area contributed by atoms with E-state index in [4.69, 9.17) is 0 Å². The third-order valence-corrected chi connectivity index (χ3v) is 10.6. The summed E-state index contributed by atoms with van der Waals surface area (Å²) >= 11 is 0. The maximum Gasteiger partial charge on any atom is 0.123 e. The van der Waals surface area contributed by atoms with Gasteiger partial charge in [-0.3, -0.25) is 0 Å². The van der Waals surface area contributed by atoms with E-state index in [-0.39, 0.29) is 0 Å². The zero-order chi connectivity index (χ0) is 13.7. The molecule has 20 heavy (non-hydrogen) atoms. The average Bonchev–Trinajstić information content (AvgIpc) is 2.95. The first-order valence-electron chi connectivity index (χ1n) is 7.67. The fourth-order valence-electron chi connectivity index (χ4n) is 4.29. The molecule has 1 fully saturated rings. The van der Waals surface area contributed by atoms with Crippen LogP contribution in [0.1, 0.15) is 18.4 Å². The zero-order valence-corrected chi connectivity index (χ0v) is 13.3. The molecule has 0 aliphatic carbocycles. The number of para-hydroxylation sites is 1. The third kappa shape index (κ3) is 1.48. The molecular formula is C18H21NSi. The van der Waals surface area contributed by atoms with Crippen LogP contribution in [-0.4, -0.2) is 15.1 Å². The van der Waals surface area contributed by atoms with Crippen molar-refractivity contribution in [2.75, 3.05) is 11.9 Å². The van der Waals surface area contributed by atoms with Gasteiger partial charge in [-0.25, -0.2) is 0 Å². The number of aryl methyl sites for hydroxylation is 1. The van der Waals surface area contributed by atoms with Crippen molar-refractivity contribution in [1.29, 1.82) is 0 Å². The van der Waals surface area contributed by atoms with Crippen molar-refractivity contribution >= 4 is 29.8 Å². The van der Waals surface area contributed by atoms with Gasteiger partial charge in [0.05, 0.1) is 0 Å². The minimum atomic E-state index is -1.47. The van der Waals surface area contributed by atoms with Gasteiger partial charge in [-0.2, -0.15) is 0 Å². The van der Waals surface area contributed by atoms with E-state index in [1.165, 1.54) is 41.9 Å². The lowest BCUT2D eigenvalue weighted by Crippen LogP contribution is -2.61. The van der Waals surface area contributed by atoms with E-state index < -0.39 is 8.07 Å². The molecule has 0 aromatic heterocycles. The molecule has 1 nitrogen and oxygen atoms in total. The van der Waals surface area contributed by atoms with Crippen molar-refractivity contribution in [3.8, 4) is 0 Å². The molecule has 4 rings (SSSR count). The number of fused-ring (bicyclic) bond motifs is 4. The molecule has 2 aromatic carbocycles. The van der Waals surface area contributed by atoms with Crippen molar-refractivity contribution in [3.63, 3.8) is 0 Å². The first kappa shape index (κ1) is 12.2. The number of hydrogen-bond acceptors (Lipinski definition) is 1. The van der Waals surface area contributed by atoms with Crippen LogP contribution >= 0.6 is 0 Å². The standard InChI is InChI=1S/C18H21NSi/c1-14-9-10-18-16(13-14)19(2)15-7-3-4-8-17(15)20(18)11-5-6-12-20/h3-4,7-10,13H,5-6,11-12H2,1-2H3. The average molecular weight is 279 g/mol. The Hall–Kier alpha value is -1.54. The van der Waals surface area contributed by atoms with Crippen LogP contribution in [0.5, 0.6) is 0 Å². The van der Waals surface area contributed by atoms with Crippen molar-refractivity contribution in [3.05, 3.63) is 48.0 Å². The van der Waals surface area contributed by atoms with Crippen molar-refractivity contribution in [1.82, 2.24) is 0 Å². The highest BCUT2D eigenvalue weighted by Crippen LogP contribution is 2.39. The molecule has 2 heterocycles. The van der Waals surface area contributed by atoms with Crippen LogP contribution in [-0.2, 0) is 0 Å². The van der Waals surface area contributed by atoms with Crippen LogP contribution in [0, 0.1) is 6.92 Å². The molecule has 0 atom stereocenters. The first-order valence-corrected chi connectivity index (χ1v) is 10.1. The van der Waals surface area contributed by atoms with Gasteiger partial charge in [-0.05, 0) is 47.1 Å². The lowest BCUT2D eigenvalue weighted by atomic mass is 10.2. The van der Waals surface area contributed by atoms with Crippen LogP contribution in [0.15, 0.2) is 42.5 Å². The Kier molecular flexibility index (Phi) is 2.58. The van der Waals surface area contributed by atoms with E-state index in [1.807, 2.05) is 0 Å². The molecule has 2 aliphatic heterocycles. The summed E-state index contributed by atoms with van der Waals surface area (Å²) in [6.45, 7) is 2.21. The normalized spacial score (nSPS) is 19.0. The largest absolute Gasteiger partial charge is 0.345 e. The Bertz CT molecular complexity index is 671. The number of anilines is 2. The Labute approximate surface area is 122 Å². The van der Waals surface area contributed by atoms with Crippen LogP contribution in [0.25, 0.3) is 0 Å². The van der Waals surface area contributed by atoms with Gasteiger partial charge in [0.1, 0.15) is 8.07 Å².